The average molecular weight is 187 g/mol. The second-order valence-corrected chi connectivity index (χ2v) is 2.86. The lowest BCUT2D eigenvalue weighted by Gasteiger charge is -2.13. The molecule has 72 valence electrons. The molecule has 1 aromatic rings. The lowest BCUT2D eigenvalue weighted by atomic mass is 10.2. The zero-order valence-electron chi connectivity index (χ0n) is 7.46. The lowest BCUT2D eigenvalue weighted by molar-refractivity contribution is 0.152. The summed E-state index contributed by atoms with van der Waals surface area (Å²) in [6.45, 7) is 0. The molecule has 0 aliphatic heterocycles. The number of hydrogen-bond acceptors (Lipinski definition) is 3. The molecule has 0 saturated carbocycles. The molecule has 0 atom stereocenters. The van der Waals surface area contributed by atoms with Gasteiger partial charge >= 0.3 is 0 Å². The second kappa shape index (κ2) is 3.55. The summed E-state index contributed by atoms with van der Waals surface area (Å²) in [6, 6.07) is 1.34. The van der Waals surface area contributed by atoms with E-state index in [1.807, 2.05) is 0 Å². The van der Waals surface area contributed by atoms with Gasteiger partial charge in [0.05, 0.1) is 17.4 Å². The highest BCUT2D eigenvalue weighted by atomic mass is 19.3. The molecular formula is C8H11F2N3. The molecule has 1 heterocycles. The predicted octanol–water partition coefficient (Wildman–Crippen LogP) is 1.67. The van der Waals surface area contributed by atoms with Crippen molar-refractivity contribution in [2.24, 2.45) is 0 Å². The molecule has 0 unspecified atom stereocenters. The largest absolute Gasteiger partial charge is 0.383 e. The van der Waals surface area contributed by atoms with Crippen LogP contribution >= 0.6 is 0 Å². The van der Waals surface area contributed by atoms with Crippen LogP contribution in [0.2, 0.25) is 0 Å². The van der Waals surface area contributed by atoms with E-state index in [4.69, 9.17) is 5.73 Å². The maximum atomic E-state index is 12.3. The van der Waals surface area contributed by atoms with Crippen molar-refractivity contribution < 1.29 is 8.78 Å². The van der Waals surface area contributed by atoms with E-state index in [9.17, 15) is 8.78 Å². The molecule has 0 fully saturated rings. The van der Waals surface area contributed by atoms with Gasteiger partial charge in [0.1, 0.15) is 5.82 Å². The summed E-state index contributed by atoms with van der Waals surface area (Å²) < 4.78 is 24.7. The number of anilines is 2. The van der Waals surface area contributed by atoms with Crippen LogP contribution in [0.4, 0.5) is 20.3 Å². The minimum Gasteiger partial charge on any atom is -0.383 e. The van der Waals surface area contributed by atoms with Crippen molar-refractivity contribution in [3.63, 3.8) is 0 Å². The summed E-state index contributed by atoms with van der Waals surface area (Å²) in [4.78, 5) is 5.37. The number of pyridine rings is 1. The van der Waals surface area contributed by atoms with Crippen LogP contribution in [0.5, 0.6) is 0 Å². The Morgan fingerprint density at radius 2 is 2.08 bits per heavy atom. The summed E-state index contributed by atoms with van der Waals surface area (Å²) in [5.41, 5.74) is 5.68. The van der Waals surface area contributed by atoms with Crippen LogP contribution < -0.4 is 10.6 Å². The van der Waals surface area contributed by atoms with E-state index in [2.05, 4.69) is 4.98 Å². The third kappa shape index (κ3) is 2.05. The van der Waals surface area contributed by atoms with Crippen LogP contribution in [-0.4, -0.2) is 19.1 Å². The van der Waals surface area contributed by atoms with Crippen molar-refractivity contribution >= 4 is 11.5 Å². The van der Waals surface area contributed by atoms with Gasteiger partial charge in [0, 0.05) is 14.1 Å². The van der Waals surface area contributed by atoms with E-state index in [1.165, 1.54) is 12.3 Å². The minimum atomic E-state index is -2.58. The van der Waals surface area contributed by atoms with Gasteiger partial charge in [-0.3, -0.25) is 0 Å². The third-order valence-corrected chi connectivity index (χ3v) is 1.69. The SMILES string of the molecule is CN(C)c1cnc(N)c(C(F)F)c1. The molecule has 0 aromatic carbocycles. The highest BCUT2D eigenvalue weighted by Gasteiger charge is 2.13. The Morgan fingerprint density at radius 1 is 1.46 bits per heavy atom. The maximum Gasteiger partial charge on any atom is 0.267 e. The van der Waals surface area contributed by atoms with E-state index in [-0.39, 0.29) is 11.4 Å². The zero-order valence-corrected chi connectivity index (χ0v) is 7.46. The first-order valence-electron chi connectivity index (χ1n) is 3.73. The number of aromatic nitrogens is 1. The fraction of sp³-hybridized carbons (Fsp3) is 0.375. The van der Waals surface area contributed by atoms with Crippen LogP contribution in [-0.2, 0) is 0 Å². The van der Waals surface area contributed by atoms with Crippen molar-refractivity contribution in [2.45, 2.75) is 6.43 Å². The minimum absolute atomic E-state index is 0.111. The average Bonchev–Trinajstić information content (AvgIpc) is 2.04. The summed E-state index contributed by atoms with van der Waals surface area (Å²) in [7, 11) is 3.50. The number of nitrogens with two attached hydrogens (primary N) is 1. The van der Waals surface area contributed by atoms with Gasteiger partial charge in [-0.05, 0) is 6.07 Å². The molecule has 1 aromatic heterocycles. The summed E-state index contributed by atoms with van der Waals surface area (Å²) in [6.07, 6.45) is -1.12. The molecule has 5 heteroatoms. The zero-order chi connectivity index (χ0) is 10.0. The molecule has 3 nitrogen and oxygen atoms in total. The summed E-state index contributed by atoms with van der Waals surface area (Å²) in [5.74, 6) is -0.111. The number of rotatable bonds is 2. The van der Waals surface area contributed by atoms with Gasteiger partial charge in [0.2, 0.25) is 0 Å². The van der Waals surface area contributed by atoms with Crippen LogP contribution in [0.1, 0.15) is 12.0 Å². The standard InChI is InChI=1S/C8H11F2N3/c1-13(2)5-3-6(7(9)10)8(11)12-4-5/h3-4,7H,1-2H3,(H2,11,12). The Morgan fingerprint density at radius 3 is 2.54 bits per heavy atom. The first-order chi connectivity index (χ1) is 6.02. The molecule has 0 saturated heterocycles. The Balaban J connectivity index is 3.11. The highest BCUT2D eigenvalue weighted by molar-refractivity contribution is 5.52. The van der Waals surface area contributed by atoms with Gasteiger partial charge in [-0.25, -0.2) is 13.8 Å². The normalized spacial score (nSPS) is 10.5. The monoisotopic (exact) mass is 187 g/mol. The fourth-order valence-corrected chi connectivity index (χ4v) is 0.900. The summed E-state index contributed by atoms with van der Waals surface area (Å²) in [5, 5.41) is 0. The molecule has 13 heavy (non-hydrogen) atoms. The first kappa shape index (κ1) is 9.70. The van der Waals surface area contributed by atoms with Crippen LogP contribution in [0.15, 0.2) is 12.3 Å². The molecule has 1 rings (SSSR count). The van der Waals surface area contributed by atoms with Crippen LogP contribution in [0.25, 0.3) is 0 Å². The molecule has 0 bridgehead atoms. The van der Waals surface area contributed by atoms with Gasteiger partial charge in [-0.2, -0.15) is 0 Å². The van der Waals surface area contributed by atoms with Gasteiger partial charge in [0.25, 0.3) is 6.43 Å². The Labute approximate surface area is 75.2 Å². The fourth-order valence-electron chi connectivity index (χ4n) is 0.900. The van der Waals surface area contributed by atoms with E-state index in [1.54, 1.807) is 19.0 Å². The first-order valence-corrected chi connectivity index (χ1v) is 3.73. The van der Waals surface area contributed by atoms with Crippen molar-refractivity contribution in [3.8, 4) is 0 Å². The number of halogens is 2. The molecule has 0 amide bonds. The molecule has 0 spiro atoms. The van der Waals surface area contributed by atoms with Gasteiger partial charge in [-0.1, -0.05) is 0 Å². The molecule has 0 radical (unpaired) electrons. The molecular weight excluding hydrogens is 176 g/mol. The van der Waals surface area contributed by atoms with E-state index >= 15 is 0 Å². The van der Waals surface area contributed by atoms with Crippen molar-refractivity contribution in [2.75, 3.05) is 24.7 Å². The Kier molecular flexibility index (Phi) is 2.65. The van der Waals surface area contributed by atoms with E-state index < -0.39 is 6.43 Å². The van der Waals surface area contributed by atoms with Crippen molar-refractivity contribution in [1.82, 2.24) is 4.98 Å². The Bertz CT molecular complexity index is 299. The molecule has 0 aliphatic rings. The number of alkyl halides is 2. The van der Waals surface area contributed by atoms with E-state index in [0.29, 0.717) is 5.69 Å². The Hall–Kier alpha value is -1.39. The number of hydrogen-bond donors (Lipinski definition) is 1. The maximum absolute atomic E-state index is 12.3. The number of nitrogens with zero attached hydrogens (tertiary/aromatic N) is 2. The predicted molar refractivity (Wildman–Crippen MR) is 47.9 cm³/mol. The summed E-state index contributed by atoms with van der Waals surface area (Å²) >= 11 is 0. The van der Waals surface area contributed by atoms with Crippen molar-refractivity contribution in [1.29, 1.82) is 0 Å². The lowest BCUT2D eigenvalue weighted by Crippen LogP contribution is -2.10. The van der Waals surface area contributed by atoms with Gasteiger partial charge < -0.3 is 10.6 Å². The van der Waals surface area contributed by atoms with Crippen LogP contribution in [0, 0.1) is 0 Å². The molecule has 0 aliphatic carbocycles. The smallest absolute Gasteiger partial charge is 0.267 e. The van der Waals surface area contributed by atoms with Gasteiger partial charge in [-0.15, -0.1) is 0 Å². The van der Waals surface area contributed by atoms with E-state index in [0.717, 1.165) is 0 Å². The topological polar surface area (TPSA) is 42.2 Å². The van der Waals surface area contributed by atoms with Crippen LogP contribution in [0.3, 0.4) is 0 Å². The quantitative estimate of drug-likeness (QED) is 0.765. The second-order valence-electron chi connectivity index (χ2n) is 2.86. The van der Waals surface area contributed by atoms with Crippen molar-refractivity contribution in [3.05, 3.63) is 17.8 Å². The number of nitrogen functional groups attached to an aromatic ring is 1. The third-order valence-electron chi connectivity index (χ3n) is 1.69. The highest BCUT2D eigenvalue weighted by Crippen LogP contribution is 2.26. The molecule has 2 N–H and O–H groups in total. The van der Waals surface area contributed by atoms with Gasteiger partial charge in [0.15, 0.2) is 0 Å².